The number of hydrogen-bond acceptors (Lipinski definition) is 4. The molecule has 20 heavy (non-hydrogen) atoms. The summed E-state index contributed by atoms with van der Waals surface area (Å²) in [4.78, 5) is 0. The Bertz CT molecular complexity index is 351. The molecule has 0 aromatic rings. The summed E-state index contributed by atoms with van der Waals surface area (Å²) in [6.45, 7) is 0. The van der Waals surface area contributed by atoms with Gasteiger partial charge in [-0.15, -0.1) is 35.3 Å². The van der Waals surface area contributed by atoms with Crippen LogP contribution in [0.25, 0.3) is 0 Å². The van der Waals surface area contributed by atoms with E-state index in [0.717, 1.165) is 25.7 Å². The zero-order chi connectivity index (χ0) is 14.6. The third-order valence-corrected chi connectivity index (χ3v) is 8.78. The number of halogens is 3. The highest BCUT2D eigenvalue weighted by Crippen LogP contribution is 2.54. The third kappa shape index (κ3) is 4.67. The molecule has 1 spiro atoms. The van der Waals surface area contributed by atoms with Crippen molar-refractivity contribution in [3.8, 4) is 6.07 Å². The van der Waals surface area contributed by atoms with Gasteiger partial charge in [0, 0.05) is 17.3 Å². The molecule has 0 aromatic heterocycles. The second-order valence-corrected chi connectivity index (χ2v) is 9.70. The SMILES string of the molecule is N#CC(SCCC(F)(F)F)C1CCC2(CC1)SCCS2. The molecule has 7 heteroatoms. The maximum absolute atomic E-state index is 12.2. The van der Waals surface area contributed by atoms with Crippen LogP contribution in [0.2, 0.25) is 0 Å². The van der Waals surface area contributed by atoms with Gasteiger partial charge < -0.3 is 0 Å². The van der Waals surface area contributed by atoms with Gasteiger partial charge in [0.05, 0.1) is 21.8 Å². The zero-order valence-electron chi connectivity index (χ0n) is 11.1. The molecule has 1 nitrogen and oxygen atoms in total. The van der Waals surface area contributed by atoms with Crippen LogP contribution in [0.15, 0.2) is 0 Å². The van der Waals surface area contributed by atoms with E-state index in [9.17, 15) is 18.4 Å². The van der Waals surface area contributed by atoms with E-state index in [4.69, 9.17) is 0 Å². The van der Waals surface area contributed by atoms with Gasteiger partial charge in [-0.2, -0.15) is 18.4 Å². The molecule has 1 aliphatic carbocycles. The number of nitrogens with zero attached hydrogens (tertiary/aromatic N) is 1. The first-order chi connectivity index (χ1) is 9.44. The molecule has 1 aliphatic heterocycles. The fraction of sp³-hybridized carbons (Fsp3) is 0.923. The maximum atomic E-state index is 12.2. The van der Waals surface area contributed by atoms with E-state index in [2.05, 4.69) is 6.07 Å². The molecule has 114 valence electrons. The third-order valence-electron chi connectivity index (χ3n) is 3.84. The van der Waals surface area contributed by atoms with Crippen molar-refractivity contribution in [3.63, 3.8) is 0 Å². The molecule has 1 unspecified atom stereocenters. The molecule has 2 aliphatic rings. The summed E-state index contributed by atoms with van der Waals surface area (Å²) in [6.07, 6.45) is -0.733. The van der Waals surface area contributed by atoms with Crippen LogP contribution in [0, 0.1) is 17.2 Å². The van der Waals surface area contributed by atoms with Crippen molar-refractivity contribution in [2.24, 2.45) is 5.92 Å². The van der Waals surface area contributed by atoms with Crippen molar-refractivity contribution in [2.45, 2.75) is 47.6 Å². The highest BCUT2D eigenvalue weighted by Gasteiger charge is 2.41. The number of alkyl halides is 3. The van der Waals surface area contributed by atoms with Gasteiger partial charge in [-0.25, -0.2) is 0 Å². The lowest BCUT2D eigenvalue weighted by atomic mass is 9.86. The highest BCUT2D eigenvalue weighted by atomic mass is 32.2. The lowest BCUT2D eigenvalue weighted by Crippen LogP contribution is -2.30. The summed E-state index contributed by atoms with van der Waals surface area (Å²) < 4.78 is 36.8. The van der Waals surface area contributed by atoms with Crippen molar-refractivity contribution in [3.05, 3.63) is 0 Å². The molecule has 0 aromatic carbocycles. The molecular formula is C13H18F3NS3. The minimum atomic E-state index is -4.11. The Morgan fingerprint density at radius 1 is 1.25 bits per heavy atom. The van der Waals surface area contributed by atoms with Gasteiger partial charge in [0.15, 0.2) is 0 Å². The van der Waals surface area contributed by atoms with Crippen molar-refractivity contribution < 1.29 is 13.2 Å². The van der Waals surface area contributed by atoms with Crippen LogP contribution in [0.5, 0.6) is 0 Å². The lowest BCUT2D eigenvalue weighted by Gasteiger charge is -2.37. The maximum Gasteiger partial charge on any atom is 0.389 e. The number of rotatable bonds is 4. The summed E-state index contributed by atoms with van der Waals surface area (Å²) in [6, 6.07) is 2.22. The minimum Gasteiger partial charge on any atom is -0.197 e. The van der Waals surface area contributed by atoms with Crippen molar-refractivity contribution >= 4 is 35.3 Å². The Labute approximate surface area is 130 Å². The van der Waals surface area contributed by atoms with Crippen molar-refractivity contribution in [2.75, 3.05) is 17.3 Å². The van der Waals surface area contributed by atoms with E-state index in [1.807, 2.05) is 23.5 Å². The standard InChI is InChI=1S/C13H18F3NS3/c14-13(15,16)5-6-18-11(9-17)10-1-3-12(4-2-10)19-7-8-20-12/h10-11H,1-8H2. The molecule has 0 amide bonds. The van der Waals surface area contributed by atoms with Crippen LogP contribution in [-0.4, -0.2) is 32.8 Å². The zero-order valence-corrected chi connectivity index (χ0v) is 13.6. The predicted octanol–water partition coefficient (Wildman–Crippen LogP) is 4.93. The van der Waals surface area contributed by atoms with Crippen molar-refractivity contribution in [1.82, 2.24) is 0 Å². The molecule has 0 radical (unpaired) electrons. The normalized spacial score (nSPS) is 24.7. The van der Waals surface area contributed by atoms with Gasteiger partial charge in [-0.3, -0.25) is 0 Å². The Kier molecular flexibility index (Phi) is 5.89. The van der Waals surface area contributed by atoms with Gasteiger partial charge in [0.1, 0.15) is 0 Å². The Hall–Kier alpha value is 0.330. The van der Waals surface area contributed by atoms with E-state index < -0.39 is 12.6 Å². The first kappa shape index (κ1) is 16.7. The van der Waals surface area contributed by atoms with E-state index in [-0.39, 0.29) is 16.9 Å². The Morgan fingerprint density at radius 2 is 1.85 bits per heavy atom. The second-order valence-electron chi connectivity index (χ2n) is 5.23. The first-order valence-electron chi connectivity index (χ1n) is 6.80. The summed E-state index contributed by atoms with van der Waals surface area (Å²) in [5, 5.41) is 8.93. The monoisotopic (exact) mass is 341 g/mol. The quantitative estimate of drug-likeness (QED) is 0.723. The van der Waals surface area contributed by atoms with Crippen LogP contribution in [0.1, 0.15) is 32.1 Å². The topological polar surface area (TPSA) is 23.8 Å². The van der Waals surface area contributed by atoms with Gasteiger partial charge in [-0.1, -0.05) is 0 Å². The van der Waals surface area contributed by atoms with E-state index in [0.29, 0.717) is 4.08 Å². The fourth-order valence-electron chi connectivity index (χ4n) is 2.75. The summed E-state index contributed by atoms with van der Waals surface area (Å²) in [7, 11) is 0. The number of nitriles is 1. The molecular weight excluding hydrogens is 323 g/mol. The largest absolute Gasteiger partial charge is 0.389 e. The molecule has 2 rings (SSSR count). The summed E-state index contributed by atoms with van der Waals surface area (Å²) in [5.41, 5.74) is 0. The van der Waals surface area contributed by atoms with E-state index in [1.54, 1.807) is 0 Å². The average Bonchev–Trinajstić information content (AvgIpc) is 2.83. The number of hydrogen-bond donors (Lipinski definition) is 0. The van der Waals surface area contributed by atoms with Crippen LogP contribution in [0.4, 0.5) is 13.2 Å². The average molecular weight is 341 g/mol. The van der Waals surface area contributed by atoms with Crippen LogP contribution in [0.3, 0.4) is 0 Å². The van der Waals surface area contributed by atoms with Crippen LogP contribution >= 0.6 is 35.3 Å². The molecule has 2 fully saturated rings. The first-order valence-corrected chi connectivity index (χ1v) is 9.82. The molecule has 1 saturated carbocycles. The highest BCUT2D eigenvalue weighted by molar-refractivity contribution is 8.21. The van der Waals surface area contributed by atoms with Gasteiger partial charge in [0.2, 0.25) is 0 Å². The Balaban J connectivity index is 1.77. The smallest absolute Gasteiger partial charge is 0.197 e. The van der Waals surface area contributed by atoms with Crippen molar-refractivity contribution in [1.29, 1.82) is 5.26 Å². The predicted molar refractivity (Wildman–Crippen MR) is 82.1 cm³/mol. The molecule has 1 heterocycles. The Morgan fingerprint density at radius 3 is 2.35 bits per heavy atom. The molecule has 0 bridgehead atoms. The van der Waals surface area contributed by atoms with Crippen LogP contribution in [-0.2, 0) is 0 Å². The second kappa shape index (κ2) is 7.06. The number of thioether (sulfide) groups is 3. The minimum absolute atomic E-state index is 0.00682. The molecule has 0 N–H and O–H groups in total. The molecule has 1 saturated heterocycles. The fourth-order valence-corrected chi connectivity index (χ4v) is 7.26. The van der Waals surface area contributed by atoms with Gasteiger partial charge in [-0.05, 0) is 31.6 Å². The van der Waals surface area contributed by atoms with E-state index >= 15 is 0 Å². The van der Waals surface area contributed by atoms with Crippen LogP contribution < -0.4 is 0 Å². The summed E-state index contributed by atoms with van der Waals surface area (Å²) >= 11 is 5.26. The van der Waals surface area contributed by atoms with Gasteiger partial charge >= 0.3 is 6.18 Å². The van der Waals surface area contributed by atoms with E-state index in [1.165, 1.54) is 23.3 Å². The lowest BCUT2D eigenvalue weighted by molar-refractivity contribution is -0.129. The molecule has 1 atom stereocenters. The summed E-state index contributed by atoms with van der Waals surface area (Å²) in [5.74, 6) is 2.69. The van der Waals surface area contributed by atoms with Gasteiger partial charge in [0.25, 0.3) is 0 Å².